The van der Waals surface area contributed by atoms with Gasteiger partial charge < -0.3 is 9.84 Å². The number of hydrogen-bond donors (Lipinski definition) is 1. The van der Waals surface area contributed by atoms with Gasteiger partial charge in [-0.3, -0.25) is 4.98 Å². The van der Waals surface area contributed by atoms with E-state index in [9.17, 15) is 5.11 Å². The molecule has 0 spiro atoms. The SMILES string of the molecule is Cc1cc(C)c(C)c(Oc2cc(C)ncc2CO)c1. The monoisotopic (exact) mass is 257 g/mol. The molecule has 3 nitrogen and oxygen atoms in total. The number of pyridine rings is 1. The summed E-state index contributed by atoms with van der Waals surface area (Å²) in [7, 11) is 0. The van der Waals surface area contributed by atoms with Gasteiger partial charge in [-0.2, -0.15) is 0 Å². The quantitative estimate of drug-likeness (QED) is 0.913. The Bertz CT molecular complexity index is 606. The Balaban J connectivity index is 2.44. The van der Waals surface area contributed by atoms with Gasteiger partial charge in [0.1, 0.15) is 11.5 Å². The largest absolute Gasteiger partial charge is 0.457 e. The first-order valence-corrected chi connectivity index (χ1v) is 6.33. The average molecular weight is 257 g/mol. The van der Waals surface area contributed by atoms with E-state index in [1.807, 2.05) is 32.9 Å². The molecular weight excluding hydrogens is 238 g/mol. The first-order valence-electron chi connectivity index (χ1n) is 6.33. The summed E-state index contributed by atoms with van der Waals surface area (Å²) in [6.45, 7) is 7.98. The molecule has 19 heavy (non-hydrogen) atoms. The molecule has 0 saturated heterocycles. The molecule has 2 rings (SSSR count). The molecule has 0 saturated carbocycles. The Morgan fingerprint density at radius 2 is 1.79 bits per heavy atom. The van der Waals surface area contributed by atoms with Gasteiger partial charge in [0.2, 0.25) is 0 Å². The molecule has 1 N–H and O–H groups in total. The Morgan fingerprint density at radius 3 is 2.47 bits per heavy atom. The van der Waals surface area contributed by atoms with Crippen LogP contribution < -0.4 is 4.74 Å². The zero-order valence-electron chi connectivity index (χ0n) is 11.8. The van der Waals surface area contributed by atoms with Gasteiger partial charge in [-0.25, -0.2) is 0 Å². The Labute approximate surface area is 113 Å². The summed E-state index contributed by atoms with van der Waals surface area (Å²) < 4.78 is 5.97. The van der Waals surface area contributed by atoms with Crippen molar-refractivity contribution in [2.75, 3.05) is 0 Å². The van der Waals surface area contributed by atoms with Crippen LogP contribution in [0, 0.1) is 27.7 Å². The highest BCUT2D eigenvalue weighted by Crippen LogP contribution is 2.30. The van der Waals surface area contributed by atoms with Crippen LogP contribution in [0.5, 0.6) is 11.5 Å². The van der Waals surface area contributed by atoms with Crippen LogP contribution >= 0.6 is 0 Å². The number of aliphatic hydroxyl groups is 1. The fourth-order valence-corrected chi connectivity index (χ4v) is 2.00. The molecule has 1 aromatic heterocycles. The highest BCUT2D eigenvalue weighted by Gasteiger charge is 2.09. The second kappa shape index (κ2) is 5.41. The van der Waals surface area contributed by atoms with Crippen LogP contribution in [-0.4, -0.2) is 10.1 Å². The summed E-state index contributed by atoms with van der Waals surface area (Å²) in [5.41, 5.74) is 5.04. The highest BCUT2D eigenvalue weighted by atomic mass is 16.5. The van der Waals surface area contributed by atoms with E-state index < -0.39 is 0 Å². The molecule has 0 amide bonds. The van der Waals surface area contributed by atoms with Crippen molar-refractivity contribution in [1.82, 2.24) is 4.98 Å². The molecule has 0 unspecified atom stereocenters. The van der Waals surface area contributed by atoms with E-state index in [2.05, 4.69) is 18.0 Å². The predicted molar refractivity (Wildman–Crippen MR) is 75.6 cm³/mol. The van der Waals surface area contributed by atoms with E-state index >= 15 is 0 Å². The maximum absolute atomic E-state index is 9.35. The van der Waals surface area contributed by atoms with Gasteiger partial charge in [0.05, 0.1) is 6.61 Å². The lowest BCUT2D eigenvalue weighted by molar-refractivity contribution is 0.276. The Kier molecular flexibility index (Phi) is 3.86. The standard InChI is InChI=1S/C16H19NO2/c1-10-5-11(2)13(4)15(6-10)19-16-7-12(3)17-8-14(16)9-18/h5-8,18H,9H2,1-4H3. The Hall–Kier alpha value is -1.87. The number of nitrogens with zero attached hydrogens (tertiary/aromatic N) is 1. The van der Waals surface area contributed by atoms with Crippen molar-refractivity contribution in [3.8, 4) is 11.5 Å². The number of aryl methyl sites for hydroxylation is 3. The predicted octanol–water partition coefficient (Wildman–Crippen LogP) is 3.60. The van der Waals surface area contributed by atoms with Gasteiger partial charge in [0, 0.05) is 23.5 Å². The third-order valence-electron chi connectivity index (χ3n) is 3.23. The van der Waals surface area contributed by atoms with Crippen molar-refractivity contribution < 1.29 is 9.84 Å². The fourth-order valence-electron chi connectivity index (χ4n) is 2.00. The highest BCUT2D eigenvalue weighted by molar-refractivity contribution is 5.45. The van der Waals surface area contributed by atoms with Crippen LogP contribution in [0.3, 0.4) is 0 Å². The number of ether oxygens (including phenoxy) is 1. The second-order valence-corrected chi connectivity index (χ2v) is 4.90. The summed E-state index contributed by atoms with van der Waals surface area (Å²) >= 11 is 0. The molecule has 1 aromatic carbocycles. The van der Waals surface area contributed by atoms with Crippen LogP contribution in [0.2, 0.25) is 0 Å². The van der Waals surface area contributed by atoms with Gasteiger partial charge >= 0.3 is 0 Å². The molecule has 0 aliphatic rings. The average Bonchev–Trinajstić information content (AvgIpc) is 2.35. The second-order valence-electron chi connectivity index (χ2n) is 4.90. The minimum Gasteiger partial charge on any atom is -0.457 e. The van der Waals surface area contributed by atoms with E-state index in [0.29, 0.717) is 11.3 Å². The molecular formula is C16H19NO2. The molecule has 0 radical (unpaired) electrons. The van der Waals surface area contributed by atoms with E-state index in [0.717, 1.165) is 22.6 Å². The van der Waals surface area contributed by atoms with Crippen LogP contribution in [0.1, 0.15) is 27.9 Å². The molecule has 100 valence electrons. The fraction of sp³-hybridized carbons (Fsp3) is 0.312. The summed E-state index contributed by atoms with van der Waals surface area (Å²) in [5, 5.41) is 9.35. The van der Waals surface area contributed by atoms with Gasteiger partial charge in [0.25, 0.3) is 0 Å². The van der Waals surface area contributed by atoms with Crippen molar-refractivity contribution in [3.05, 3.63) is 52.3 Å². The van der Waals surface area contributed by atoms with Crippen LogP contribution in [0.25, 0.3) is 0 Å². The minimum absolute atomic E-state index is 0.0769. The van der Waals surface area contributed by atoms with Gasteiger partial charge in [-0.15, -0.1) is 0 Å². The maximum atomic E-state index is 9.35. The van der Waals surface area contributed by atoms with Crippen molar-refractivity contribution in [2.45, 2.75) is 34.3 Å². The number of hydrogen-bond acceptors (Lipinski definition) is 3. The van der Waals surface area contributed by atoms with E-state index in [1.54, 1.807) is 6.20 Å². The van der Waals surface area contributed by atoms with Crippen LogP contribution in [-0.2, 0) is 6.61 Å². The molecule has 0 aliphatic carbocycles. The molecule has 1 heterocycles. The molecule has 0 aliphatic heterocycles. The third-order valence-corrected chi connectivity index (χ3v) is 3.23. The van der Waals surface area contributed by atoms with Crippen molar-refractivity contribution in [1.29, 1.82) is 0 Å². The van der Waals surface area contributed by atoms with E-state index in [1.165, 1.54) is 5.56 Å². The number of aliphatic hydroxyl groups excluding tert-OH is 1. The lowest BCUT2D eigenvalue weighted by atomic mass is 10.1. The summed E-state index contributed by atoms with van der Waals surface area (Å²) in [6.07, 6.45) is 1.66. The smallest absolute Gasteiger partial charge is 0.136 e. The number of benzene rings is 1. The lowest BCUT2D eigenvalue weighted by Crippen LogP contribution is -1.97. The molecule has 0 bridgehead atoms. The lowest BCUT2D eigenvalue weighted by Gasteiger charge is -2.14. The van der Waals surface area contributed by atoms with Crippen LogP contribution in [0.15, 0.2) is 24.4 Å². The van der Waals surface area contributed by atoms with Crippen molar-refractivity contribution >= 4 is 0 Å². The first kappa shape index (κ1) is 13.6. The van der Waals surface area contributed by atoms with Crippen molar-refractivity contribution in [3.63, 3.8) is 0 Å². The topological polar surface area (TPSA) is 42.4 Å². The number of rotatable bonds is 3. The molecule has 3 heteroatoms. The summed E-state index contributed by atoms with van der Waals surface area (Å²) in [4.78, 5) is 4.17. The molecule has 0 atom stereocenters. The van der Waals surface area contributed by atoms with Crippen molar-refractivity contribution in [2.24, 2.45) is 0 Å². The van der Waals surface area contributed by atoms with E-state index in [4.69, 9.17) is 4.74 Å². The van der Waals surface area contributed by atoms with Gasteiger partial charge in [-0.05, 0) is 50.5 Å². The third kappa shape index (κ3) is 2.93. The van der Waals surface area contributed by atoms with E-state index in [-0.39, 0.29) is 6.61 Å². The van der Waals surface area contributed by atoms with Crippen LogP contribution in [0.4, 0.5) is 0 Å². The zero-order chi connectivity index (χ0) is 14.0. The van der Waals surface area contributed by atoms with Gasteiger partial charge in [-0.1, -0.05) is 6.07 Å². The molecule has 2 aromatic rings. The summed E-state index contributed by atoms with van der Waals surface area (Å²) in [5.74, 6) is 1.50. The number of aromatic nitrogens is 1. The molecule has 0 fully saturated rings. The zero-order valence-corrected chi connectivity index (χ0v) is 11.8. The maximum Gasteiger partial charge on any atom is 0.136 e. The van der Waals surface area contributed by atoms with Gasteiger partial charge in [0.15, 0.2) is 0 Å². The normalized spacial score (nSPS) is 10.6. The Morgan fingerprint density at radius 1 is 1.05 bits per heavy atom. The minimum atomic E-state index is -0.0769. The first-order chi connectivity index (χ1) is 9.01. The summed E-state index contributed by atoms with van der Waals surface area (Å²) in [6, 6.07) is 5.99.